The molecule has 0 fully saturated rings. The van der Waals surface area contributed by atoms with Gasteiger partial charge in [-0.25, -0.2) is 4.79 Å². The molecule has 3 rings (SSSR count). The summed E-state index contributed by atoms with van der Waals surface area (Å²) in [5.74, 6) is -0.127. The Kier molecular flexibility index (Phi) is 6.47. The highest BCUT2D eigenvalue weighted by Crippen LogP contribution is 2.24. The van der Waals surface area contributed by atoms with Crippen LogP contribution in [0.5, 0.6) is 5.75 Å². The topological polar surface area (TPSA) is 83.5 Å². The van der Waals surface area contributed by atoms with Crippen molar-refractivity contribution in [2.24, 2.45) is 0 Å². The molecule has 30 heavy (non-hydrogen) atoms. The number of Topliss-reactive ketones (excluding diaryl/α,β-unsaturated/α-hetero) is 1. The maximum Gasteiger partial charge on any atom is 0.338 e. The summed E-state index contributed by atoms with van der Waals surface area (Å²) in [6.45, 7) is 5.94. The van der Waals surface area contributed by atoms with Gasteiger partial charge in [0.1, 0.15) is 5.75 Å². The van der Waals surface area contributed by atoms with Crippen molar-refractivity contribution in [2.75, 3.05) is 18.9 Å². The van der Waals surface area contributed by atoms with Crippen LogP contribution in [-0.2, 0) is 4.74 Å². The highest BCUT2D eigenvalue weighted by atomic mass is 35.5. The molecule has 0 saturated heterocycles. The fraction of sp³-hybridized carbons (Fsp3) is 0.217. The van der Waals surface area contributed by atoms with Crippen molar-refractivity contribution in [3.8, 4) is 11.4 Å². The fourth-order valence-electron chi connectivity index (χ4n) is 3.26. The number of hydrogen-bond acceptors (Lipinski definition) is 5. The molecule has 0 radical (unpaired) electrons. The number of nitrogen functional groups attached to an aromatic ring is 1. The second kappa shape index (κ2) is 9.05. The molecule has 2 aromatic carbocycles. The van der Waals surface area contributed by atoms with Crippen LogP contribution in [0, 0.1) is 13.8 Å². The Morgan fingerprint density at radius 2 is 1.77 bits per heavy atom. The molecule has 0 aliphatic rings. The summed E-state index contributed by atoms with van der Waals surface area (Å²) in [5.41, 5.74) is 9.32. The third-order valence-corrected chi connectivity index (χ3v) is 5.05. The molecule has 0 spiro atoms. The van der Waals surface area contributed by atoms with Crippen molar-refractivity contribution >= 4 is 29.0 Å². The van der Waals surface area contributed by atoms with E-state index in [9.17, 15) is 9.59 Å². The van der Waals surface area contributed by atoms with Crippen molar-refractivity contribution in [2.45, 2.75) is 20.8 Å². The molecule has 6 nitrogen and oxygen atoms in total. The number of rotatable bonds is 7. The number of ketones is 1. The summed E-state index contributed by atoms with van der Waals surface area (Å²) in [6.07, 6.45) is 0. The van der Waals surface area contributed by atoms with Gasteiger partial charge >= 0.3 is 5.97 Å². The second-order valence-electron chi connectivity index (χ2n) is 6.78. The number of carbonyl (C=O) groups excluding carboxylic acids is 2. The van der Waals surface area contributed by atoms with Crippen molar-refractivity contribution in [1.82, 2.24) is 4.57 Å². The summed E-state index contributed by atoms with van der Waals surface area (Å²) in [5, 5.41) is 0.351. The molecule has 0 amide bonds. The van der Waals surface area contributed by atoms with Gasteiger partial charge in [-0.05, 0) is 69.3 Å². The first kappa shape index (κ1) is 21.5. The minimum atomic E-state index is -0.632. The third kappa shape index (κ3) is 4.49. The highest BCUT2D eigenvalue weighted by Gasteiger charge is 2.19. The Morgan fingerprint density at radius 3 is 2.40 bits per heavy atom. The molecule has 1 aromatic heterocycles. The zero-order valence-electron chi connectivity index (χ0n) is 17.1. The summed E-state index contributed by atoms with van der Waals surface area (Å²) in [4.78, 5) is 24.9. The van der Waals surface area contributed by atoms with E-state index in [-0.39, 0.29) is 23.6 Å². The molecule has 0 atom stereocenters. The van der Waals surface area contributed by atoms with Crippen LogP contribution in [0.15, 0.2) is 48.5 Å². The van der Waals surface area contributed by atoms with E-state index in [1.165, 1.54) is 18.2 Å². The molecular weight excluding hydrogens is 404 g/mol. The Hall–Kier alpha value is -3.25. The second-order valence-corrected chi connectivity index (χ2v) is 7.19. The molecule has 0 unspecified atom stereocenters. The number of anilines is 1. The first-order chi connectivity index (χ1) is 14.3. The van der Waals surface area contributed by atoms with Crippen LogP contribution in [0.2, 0.25) is 5.02 Å². The molecular formula is C23H23ClN2O4. The number of nitrogens with zero attached hydrogens (tertiary/aromatic N) is 1. The number of aromatic nitrogens is 1. The first-order valence-electron chi connectivity index (χ1n) is 9.49. The first-order valence-corrected chi connectivity index (χ1v) is 9.87. The van der Waals surface area contributed by atoms with Crippen molar-refractivity contribution < 1.29 is 19.1 Å². The summed E-state index contributed by atoms with van der Waals surface area (Å²) in [6, 6.07) is 13.9. The number of nitrogens with two attached hydrogens (primary N) is 1. The van der Waals surface area contributed by atoms with Crippen molar-refractivity contribution in [1.29, 1.82) is 0 Å². The molecule has 0 bridgehead atoms. The third-order valence-electron chi connectivity index (χ3n) is 4.70. The molecule has 1 heterocycles. The summed E-state index contributed by atoms with van der Waals surface area (Å²) in [7, 11) is 0. The van der Waals surface area contributed by atoms with Gasteiger partial charge < -0.3 is 19.8 Å². The van der Waals surface area contributed by atoms with E-state index in [1.807, 2.05) is 49.6 Å². The van der Waals surface area contributed by atoms with Crippen LogP contribution in [0.25, 0.3) is 5.69 Å². The van der Waals surface area contributed by atoms with Crippen LogP contribution in [0.1, 0.15) is 39.0 Å². The molecule has 3 aromatic rings. The van der Waals surface area contributed by atoms with E-state index in [1.54, 1.807) is 6.07 Å². The van der Waals surface area contributed by atoms with E-state index in [0.29, 0.717) is 17.2 Å². The monoisotopic (exact) mass is 426 g/mol. The van der Waals surface area contributed by atoms with Gasteiger partial charge in [0.25, 0.3) is 0 Å². The van der Waals surface area contributed by atoms with E-state index < -0.39 is 5.97 Å². The largest absolute Gasteiger partial charge is 0.494 e. The number of halogens is 1. The molecule has 7 heteroatoms. The maximum absolute atomic E-state index is 12.7. The minimum Gasteiger partial charge on any atom is -0.494 e. The fourth-order valence-corrected chi connectivity index (χ4v) is 3.38. The lowest BCUT2D eigenvalue weighted by Crippen LogP contribution is -2.15. The maximum atomic E-state index is 12.7. The van der Waals surface area contributed by atoms with Gasteiger partial charge in [-0.1, -0.05) is 11.6 Å². The molecule has 0 aliphatic heterocycles. The van der Waals surface area contributed by atoms with Gasteiger partial charge in [-0.3, -0.25) is 4.79 Å². The van der Waals surface area contributed by atoms with E-state index in [4.69, 9.17) is 26.8 Å². The number of hydrogen-bond donors (Lipinski definition) is 1. The average Bonchev–Trinajstić information content (AvgIpc) is 3.03. The number of benzene rings is 2. The van der Waals surface area contributed by atoms with Gasteiger partial charge in [0.05, 0.1) is 22.9 Å². The van der Waals surface area contributed by atoms with E-state index in [0.717, 1.165) is 22.8 Å². The van der Waals surface area contributed by atoms with Crippen LogP contribution in [-0.4, -0.2) is 29.5 Å². The Labute approximate surface area is 180 Å². The predicted molar refractivity (Wildman–Crippen MR) is 117 cm³/mol. The highest BCUT2D eigenvalue weighted by molar-refractivity contribution is 6.33. The average molecular weight is 427 g/mol. The molecule has 0 aliphatic carbocycles. The van der Waals surface area contributed by atoms with Crippen LogP contribution in [0.3, 0.4) is 0 Å². The van der Waals surface area contributed by atoms with E-state index >= 15 is 0 Å². The quantitative estimate of drug-likeness (QED) is 0.334. The lowest BCUT2D eigenvalue weighted by atomic mass is 10.1. The SMILES string of the molecule is CCOc1ccc(-n2c(C)cc(C(=O)COC(=O)c3ccc(Cl)c(N)c3)c2C)cc1. The zero-order valence-corrected chi connectivity index (χ0v) is 17.8. The molecule has 0 saturated carbocycles. The van der Waals surface area contributed by atoms with Gasteiger partial charge in [0.2, 0.25) is 5.78 Å². The van der Waals surface area contributed by atoms with Crippen molar-refractivity contribution in [3.63, 3.8) is 0 Å². The lowest BCUT2D eigenvalue weighted by molar-refractivity contribution is 0.0474. The van der Waals surface area contributed by atoms with Crippen LogP contribution < -0.4 is 10.5 Å². The zero-order chi connectivity index (χ0) is 21.8. The molecule has 156 valence electrons. The summed E-state index contributed by atoms with van der Waals surface area (Å²) < 4.78 is 12.6. The van der Waals surface area contributed by atoms with Crippen molar-refractivity contribution in [3.05, 3.63) is 76.1 Å². The smallest absolute Gasteiger partial charge is 0.338 e. The van der Waals surface area contributed by atoms with E-state index in [2.05, 4.69) is 0 Å². The molecule has 2 N–H and O–H groups in total. The Balaban J connectivity index is 1.74. The Bertz CT molecular complexity index is 1090. The van der Waals surface area contributed by atoms with Crippen LogP contribution in [0.4, 0.5) is 5.69 Å². The van der Waals surface area contributed by atoms with Gasteiger partial charge in [0.15, 0.2) is 6.61 Å². The minimum absolute atomic E-state index is 0.240. The lowest BCUT2D eigenvalue weighted by Gasteiger charge is -2.11. The van der Waals surface area contributed by atoms with Crippen LogP contribution >= 0.6 is 11.6 Å². The number of esters is 1. The van der Waals surface area contributed by atoms with Gasteiger partial charge in [-0.15, -0.1) is 0 Å². The normalized spacial score (nSPS) is 10.7. The number of ether oxygens (including phenoxy) is 2. The standard InChI is InChI=1S/C23H23ClN2O4/c1-4-29-18-8-6-17(7-9-18)26-14(2)11-19(15(26)3)22(27)13-30-23(28)16-5-10-20(24)21(25)12-16/h5-12H,4,13,25H2,1-3H3. The summed E-state index contributed by atoms with van der Waals surface area (Å²) >= 11 is 5.86. The van der Waals surface area contributed by atoms with Gasteiger partial charge in [-0.2, -0.15) is 0 Å². The van der Waals surface area contributed by atoms with Gasteiger partial charge in [0, 0.05) is 22.6 Å². The number of carbonyl (C=O) groups is 2. The predicted octanol–water partition coefficient (Wildman–Crippen LogP) is 4.77. The Morgan fingerprint density at radius 1 is 1.07 bits per heavy atom. The number of aryl methyl sites for hydroxylation is 1.